The third-order valence-corrected chi connectivity index (χ3v) is 9.13. The predicted molar refractivity (Wildman–Crippen MR) is 161 cm³/mol. The number of para-hydroxylation sites is 1. The first kappa shape index (κ1) is 29.4. The highest BCUT2D eigenvalue weighted by atomic mass is 19.1. The Hall–Kier alpha value is -3.07. The van der Waals surface area contributed by atoms with Crippen LogP contribution in [0.2, 0.25) is 0 Å². The lowest BCUT2D eigenvalue weighted by atomic mass is 9.66. The summed E-state index contributed by atoms with van der Waals surface area (Å²) >= 11 is 0. The molecule has 1 amide bonds. The standard InChI is InChI=1S/C33H44FN5O2/c1-21(2)39-20-27(22-12-14-25(34)15-13-22)33(37-39)16-8-9-23(18-33)30(40)28(36-31(41)32(3,4)35)17-24-19-38(5)29-11-7-6-10-26(24)29/h6-7,10-15,19,21,23,27-28,37H,8-9,16-18,20,35H2,1-5H3,(H,36,41)/t23?,27?,28-,33?/m1/s1. The number of amides is 1. The number of benzene rings is 2. The van der Waals surface area contributed by atoms with Crippen molar-refractivity contribution in [3.8, 4) is 0 Å². The summed E-state index contributed by atoms with van der Waals surface area (Å²) in [6, 6.07) is 14.5. The molecule has 3 aromatic rings. The van der Waals surface area contributed by atoms with Crippen molar-refractivity contribution in [3.05, 3.63) is 71.7 Å². The van der Waals surface area contributed by atoms with Crippen LogP contribution in [0.25, 0.3) is 10.9 Å². The molecule has 3 unspecified atom stereocenters. The van der Waals surface area contributed by atoms with Crippen LogP contribution in [0, 0.1) is 11.7 Å². The number of hydrazine groups is 1. The zero-order valence-electron chi connectivity index (χ0n) is 24.9. The summed E-state index contributed by atoms with van der Waals surface area (Å²) in [7, 11) is 2.00. The van der Waals surface area contributed by atoms with E-state index in [0.717, 1.165) is 47.8 Å². The first-order valence-corrected chi connectivity index (χ1v) is 14.8. The van der Waals surface area contributed by atoms with Gasteiger partial charge in [0.25, 0.3) is 0 Å². The Kier molecular flexibility index (Phi) is 8.12. The fourth-order valence-corrected chi connectivity index (χ4v) is 6.87. The Morgan fingerprint density at radius 3 is 2.56 bits per heavy atom. The molecule has 220 valence electrons. The maximum atomic E-state index is 14.4. The average molecular weight is 562 g/mol. The number of nitrogens with zero attached hydrogens (tertiary/aromatic N) is 2. The summed E-state index contributed by atoms with van der Waals surface area (Å²) in [5.74, 6) is -0.642. The van der Waals surface area contributed by atoms with Gasteiger partial charge in [-0.3, -0.25) is 9.59 Å². The molecule has 2 fully saturated rings. The predicted octanol–water partition coefficient (Wildman–Crippen LogP) is 4.59. The number of aryl methyl sites for hydroxylation is 1. The van der Waals surface area contributed by atoms with E-state index in [-0.39, 0.29) is 40.9 Å². The molecule has 2 aromatic carbocycles. The molecule has 1 aromatic heterocycles. The minimum Gasteiger partial charge on any atom is -0.350 e. The summed E-state index contributed by atoms with van der Waals surface area (Å²) in [5, 5.41) is 6.37. The van der Waals surface area contributed by atoms with Crippen molar-refractivity contribution >= 4 is 22.6 Å². The SMILES string of the molecule is CC(C)N1CC(c2ccc(F)cc2)C2(CCCC(C(=O)[C@@H](Cc3cn(C)c4ccccc34)NC(=O)C(C)(C)N)C2)N1. The molecule has 5 rings (SSSR count). The molecule has 4 atom stereocenters. The van der Waals surface area contributed by atoms with Gasteiger partial charge in [-0.05, 0) is 76.3 Å². The van der Waals surface area contributed by atoms with Crippen molar-refractivity contribution in [2.45, 2.75) is 88.9 Å². The molecule has 2 heterocycles. The fraction of sp³-hybridized carbons (Fsp3) is 0.515. The molecule has 2 aliphatic rings. The summed E-state index contributed by atoms with van der Waals surface area (Å²) in [6.45, 7) is 8.43. The van der Waals surface area contributed by atoms with Gasteiger partial charge in [0.05, 0.1) is 11.6 Å². The van der Waals surface area contributed by atoms with E-state index in [0.29, 0.717) is 12.8 Å². The van der Waals surface area contributed by atoms with E-state index >= 15 is 0 Å². The normalized spacial score (nSPS) is 24.3. The lowest BCUT2D eigenvalue weighted by Crippen LogP contribution is -2.57. The van der Waals surface area contributed by atoms with Gasteiger partial charge in [-0.25, -0.2) is 14.8 Å². The van der Waals surface area contributed by atoms with Crippen LogP contribution in [-0.4, -0.2) is 51.0 Å². The van der Waals surface area contributed by atoms with Crippen LogP contribution in [0.1, 0.15) is 70.4 Å². The number of carbonyl (C=O) groups is 2. The molecule has 1 saturated carbocycles. The van der Waals surface area contributed by atoms with Gasteiger partial charge in [0.1, 0.15) is 5.82 Å². The van der Waals surface area contributed by atoms with E-state index in [4.69, 9.17) is 5.73 Å². The molecule has 1 aliphatic heterocycles. The van der Waals surface area contributed by atoms with E-state index in [1.165, 1.54) is 12.1 Å². The number of halogens is 1. The molecule has 41 heavy (non-hydrogen) atoms. The lowest BCUT2D eigenvalue weighted by Gasteiger charge is -2.43. The number of hydrogen-bond acceptors (Lipinski definition) is 5. The molecule has 1 aliphatic carbocycles. The molecule has 1 spiro atoms. The van der Waals surface area contributed by atoms with E-state index in [9.17, 15) is 14.0 Å². The van der Waals surface area contributed by atoms with Gasteiger partial charge in [-0.2, -0.15) is 0 Å². The first-order chi connectivity index (χ1) is 19.4. The maximum absolute atomic E-state index is 14.4. The molecular formula is C33H44FN5O2. The molecule has 0 radical (unpaired) electrons. The van der Waals surface area contributed by atoms with Crippen molar-refractivity contribution in [2.24, 2.45) is 18.7 Å². The van der Waals surface area contributed by atoms with Gasteiger partial charge in [0.15, 0.2) is 5.78 Å². The highest BCUT2D eigenvalue weighted by Gasteiger charge is 2.51. The van der Waals surface area contributed by atoms with Crippen LogP contribution in [0.4, 0.5) is 4.39 Å². The van der Waals surface area contributed by atoms with Gasteiger partial charge in [-0.15, -0.1) is 0 Å². The lowest BCUT2D eigenvalue weighted by molar-refractivity contribution is -0.133. The second kappa shape index (κ2) is 11.3. The quantitative estimate of drug-likeness (QED) is 0.374. The molecule has 0 bridgehead atoms. The minimum absolute atomic E-state index is 0.0530. The van der Waals surface area contributed by atoms with Crippen molar-refractivity contribution in [2.75, 3.05) is 6.54 Å². The Labute approximate surface area is 242 Å². The molecule has 8 heteroatoms. The smallest absolute Gasteiger partial charge is 0.240 e. The van der Waals surface area contributed by atoms with Crippen molar-refractivity contribution in [1.82, 2.24) is 20.3 Å². The second-order valence-corrected chi connectivity index (χ2v) is 13.0. The number of nitrogens with two attached hydrogens (primary N) is 1. The van der Waals surface area contributed by atoms with Crippen LogP contribution in [0.15, 0.2) is 54.7 Å². The summed E-state index contributed by atoms with van der Waals surface area (Å²) < 4.78 is 15.9. The largest absolute Gasteiger partial charge is 0.350 e. The number of ketones is 1. The number of carbonyl (C=O) groups excluding carboxylic acids is 2. The summed E-state index contributed by atoms with van der Waals surface area (Å²) in [4.78, 5) is 27.5. The molecule has 1 saturated heterocycles. The fourth-order valence-electron chi connectivity index (χ4n) is 6.87. The second-order valence-electron chi connectivity index (χ2n) is 13.0. The number of rotatable bonds is 8. The third kappa shape index (κ3) is 5.96. The van der Waals surface area contributed by atoms with Gasteiger partial charge < -0.3 is 15.6 Å². The zero-order chi connectivity index (χ0) is 29.5. The Bertz CT molecular complexity index is 1410. The van der Waals surface area contributed by atoms with Crippen LogP contribution in [0.5, 0.6) is 0 Å². The number of aromatic nitrogens is 1. The number of Topliss-reactive ketones (excluding diaryl/α,β-unsaturated/α-hetero) is 1. The topological polar surface area (TPSA) is 92.4 Å². The number of hydrogen-bond donors (Lipinski definition) is 3. The van der Waals surface area contributed by atoms with Gasteiger partial charge >= 0.3 is 0 Å². The van der Waals surface area contributed by atoms with Crippen molar-refractivity contribution in [3.63, 3.8) is 0 Å². The summed E-state index contributed by atoms with van der Waals surface area (Å²) in [5.41, 5.74) is 11.7. The van der Waals surface area contributed by atoms with E-state index < -0.39 is 11.6 Å². The zero-order valence-corrected chi connectivity index (χ0v) is 24.9. The minimum atomic E-state index is -1.11. The highest BCUT2D eigenvalue weighted by Crippen LogP contribution is 2.47. The first-order valence-electron chi connectivity index (χ1n) is 14.8. The number of fused-ring (bicyclic) bond motifs is 1. The maximum Gasteiger partial charge on any atom is 0.240 e. The van der Waals surface area contributed by atoms with Gasteiger partial charge in [0, 0.05) is 60.5 Å². The molecular weight excluding hydrogens is 517 g/mol. The van der Waals surface area contributed by atoms with Gasteiger partial charge in [0.2, 0.25) is 5.91 Å². The Morgan fingerprint density at radius 1 is 1.17 bits per heavy atom. The molecule has 7 nitrogen and oxygen atoms in total. The highest BCUT2D eigenvalue weighted by molar-refractivity contribution is 5.94. The van der Waals surface area contributed by atoms with Crippen LogP contribution < -0.4 is 16.5 Å². The van der Waals surface area contributed by atoms with E-state index in [1.807, 2.05) is 31.3 Å². The van der Waals surface area contributed by atoms with E-state index in [1.54, 1.807) is 13.8 Å². The van der Waals surface area contributed by atoms with Crippen LogP contribution in [0.3, 0.4) is 0 Å². The Morgan fingerprint density at radius 2 is 1.88 bits per heavy atom. The monoisotopic (exact) mass is 561 g/mol. The van der Waals surface area contributed by atoms with E-state index in [2.05, 4.69) is 52.5 Å². The van der Waals surface area contributed by atoms with Gasteiger partial charge in [-0.1, -0.05) is 36.8 Å². The average Bonchev–Trinajstić information content (AvgIpc) is 3.45. The van der Waals surface area contributed by atoms with Crippen molar-refractivity contribution < 1.29 is 14.0 Å². The molecule has 4 N–H and O–H groups in total. The third-order valence-electron chi connectivity index (χ3n) is 9.13. The van der Waals surface area contributed by atoms with Crippen LogP contribution in [-0.2, 0) is 23.1 Å². The van der Waals surface area contributed by atoms with Crippen molar-refractivity contribution in [1.29, 1.82) is 0 Å². The van der Waals surface area contributed by atoms with Crippen LogP contribution >= 0.6 is 0 Å². The summed E-state index contributed by atoms with van der Waals surface area (Å²) in [6.07, 6.45) is 5.71. The Balaban J connectivity index is 1.45. The number of nitrogens with one attached hydrogen (secondary N) is 2.